The number of nitrogens with zero attached hydrogens (tertiary/aromatic N) is 2. The number of ether oxygens (including phenoxy) is 1. The fraction of sp³-hybridized carbons (Fsp3) is 0.450. The Kier molecular flexibility index (Phi) is 4.98. The highest BCUT2D eigenvalue weighted by Gasteiger charge is 2.28. The number of rotatable bonds is 3. The van der Waals surface area contributed by atoms with Crippen LogP contribution in [0.2, 0.25) is 0 Å². The van der Waals surface area contributed by atoms with Gasteiger partial charge in [0.15, 0.2) is 0 Å². The van der Waals surface area contributed by atoms with E-state index in [0.29, 0.717) is 6.04 Å². The molecular weight excluding hydrogens is 344 g/mol. The lowest BCUT2D eigenvalue weighted by Crippen LogP contribution is -2.53. The first-order chi connectivity index (χ1) is 12.6. The van der Waals surface area contributed by atoms with Crippen LogP contribution >= 0.6 is 11.3 Å². The standard InChI is InChI=1S/C20H26N4OS/c1-13(25-3)10-15-12-24(9-8-21-15)19-16-11-14(2)26-20(16)23-18-7-5-4-6-17(18)22-19/h4-7,11,13,15,21,23H,8-10,12H2,1-3H3/t13?,15-/m0/s1. The van der Waals surface area contributed by atoms with Crippen molar-refractivity contribution in [2.24, 2.45) is 4.99 Å². The third-order valence-electron chi connectivity index (χ3n) is 5.05. The Labute approximate surface area is 159 Å². The molecule has 138 valence electrons. The van der Waals surface area contributed by atoms with Crippen LogP contribution in [0.1, 0.15) is 23.8 Å². The van der Waals surface area contributed by atoms with Crippen LogP contribution in [0.5, 0.6) is 0 Å². The minimum Gasteiger partial charge on any atom is -0.382 e. The number of amidine groups is 1. The van der Waals surface area contributed by atoms with E-state index in [1.54, 1.807) is 18.4 Å². The lowest BCUT2D eigenvalue weighted by molar-refractivity contribution is 0.0929. The van der Waals surface area contributed by atoms with Gasteiger partial charge in [-0.3, -0.25) is 0 Å². The summed E-state index contributed by atoms with van der Waals surface area (Å²) in [6.45, 7) is 7.17. The molecule has 1 aromatic heterocycles. The Hall–Kier alpha value is -1.89. The molecule has 5 nitrogen and oxygen atoms in total. The third-order valence-corrected chi connectivity index (χ3v) is 6.01. The highest BCUT2D eigenvalue weighted by atomic mass is 32.1. The summed E-state index contributed by atoms with van der Waals surface area (Å²) in [5.74, 6) is 1.08. The molecule has 6 heteroatoms. The molecule has 0 saturated carbocycles. The minimum absolute atomic E-state index is 0.255. The average molecular weight is 371 g/mol. The van der Waals surface area contributed by atoms with Gasteiger partial charge >= 0.3 is 0 Å². The van der Waals surface area contributed by atoms with E-state index >= 15 is 0 Å². The molecule has 2 aromatic rings. The van der Waals surface area contributed by atoms with Gasteiger partial charge in [-0.2, -0.15) is 0 Å². The Bertz CT molecular complexity index is 816. The summed E-state index contributed by atoms with van der Waals surface area (Å²) in [5, 5.41) is 8.40. The zero-order chi connectivity index (χ0) is 18.1. The molecule has 2 aliphatic rings. The fourth-order valence-electron chi connectivity index (χ4n) is 3.66. The summed E-state index contributed by atoms with van der Waals surface area (Å²) < 4.78 is 5.46. The molecule has 0 bridgehead atoms. The summed E-state index contributed by atoms with van der Waals surface area (Å²) in [7, 11) is 1.78. The number of benzene rings is 1. The third kappa shape index (κ3) is 3.49. The van der Waals surface area contributed by atoms with Crippen LogP contribution in [-0.4, -0.2) is 49.6 Å². The van der Waals surface area contributed by atoms with Crippen molar-refractivity contribution < 1.29 is 4.74 Å². The molecule has 3 heterocycles. The Morgan fingerprint density at radius 1 is 1.38 bits per heavy atom. The number of anilines is 2. The van der Waals surface area contributed by atoms with E-state index in [9.17, 15) is 0 Å². The maximum Gasteiger partial charge on any atom is 0.139 e. The molecule has 4 rings (SSSR count). The summed E-state index contributed by atoms with van der Waals surface area (Å²) in [5.41, 5.74) is 3.29. The number of hydrogen-bond acceptors (Lipinski definition) is 6. The quantitative estimate of drug-likeness (QED) is 0.861. The van der Waals surface area contributed by atoms with Gasteiger partial charge in [0.05, 0.1) is 23.0 Å². The molecule has 2 atom stereocenters. The number of aliphatic imine (C=N–C) groups is 1. The number of aryl methyl sites for hydroxylation is 1. The zero-order valence-electron chi connectivity index (χ0n) is 15.6. The summed E-state index contributed by atoms with van der Waals surface area (Å²) in [4.78, 5) is 8.81. The summed E-state index contributed by atoms with van der Waals surface area (Å²) >= 11 is 1.80. The van der Waals surface area contributed by atoms with Crippen molar-refractivity contribution >= 4 is 33.5 Å². The monoisotopic (exact) mass is 370 g/mol. The van der Waals surface area contributed by atoms with E-state index < -0.39 is 0 Å². The zero-order valence-corrected chi connectivity index (χ0v) is 16.4. The van der Waals surface area contributed by atoms with E-state index in [4.69, 9.17) is 9.73 Å². The number of thiophene rings is 1. The lowest BCUT2D eigenvalue weighted by Gasteiger charge is -2.36. The van der Waals surface area contributed by atoms with Crippen molar-refractivity contribution in [2.75, 3.05) is 32.1 Å². The van der Waals surface area contributed by atoms with Crippen molar-refractivity contribution in [3.8, 4) is 0 Å². The highest BCUT2D eigenvalue weighted by Crippen LogP contribution is 2.39. The Morgan fingerprint density at radius 3 is 3.08 bits per heavy atom. The number of methoxy groups -OCH3 is 1. The summed E-state index contributed by atoms with van der Waals surface area (Å²) in [6, 6.07) is 11.0. The van der Waals surface area contributed by atoms with E-state index in [-0.39, 0.29) is 6.10 Å². The van der Waals surface area contributed by atoms with Crippen LogP contribution in [0.15, 0.2) is 35.3 Å². The van der Waals surface area contributed by atoms with Crippen molar-refractivity contribution in [1.82, 2.24) is 10.2 Å². The smallest absolute Gasteiger partial charge is 0.139 e. The van der Waals surface area contributed by atoms with E-state index in [1.165, 1.54) is 15.4 Å². The Balaban J connectivity index is 1.68. The number of nitrogens with one attached hydrogen (secondary N) is 2. The molecule has 0 radical (unpaired) electrons. The predicted molar refractivity (Wildman–Crippen MR) is 109 cm³/mol. The molecule has 0 amide bonds. The first kappa shape index (κ1) is 17.5. The second kappa shape index (κ2) is 7.39. The van der Waals surface area contributed by atoms with E-state index in [0.717, 1.165) is 43.3 Å². The number of piperazine rings is 1. The van der Waals surface area contributed by atoms with Gasteiger partial charge in [-0.1, -0.05) is 12.1 Å². The molecule has 2 aliphatic heterocycles. The van der Waals surface area contributed by atoms with Crippen molar-refractivity contribution in [2.45, 2.75) is 32.4 Å². The fourth-order valence-corrected chi connectivity index (χ4v) is 4.58. The maximum absolute atomic E-state index is 5.46. The van der Waals surface area contributed by atoms with Gasteiger partial charge in [0.2, 0.25) is 0 Å². The second-order valence-corrected chi connectivity index (χ2v) is 8.31. The van der Waals surface area contributed by atoms with Gasteiger partial charge in [-0.15, -0.1) is 11.3 Å². The van der Waals surface area contributed by atoms with Gasteiger partial charge in [0, 0.05) is 37.7 Å². The SMILES string of the molecule is COC(C)C[C@H]1CN(C2=Nc3ccccc3Nc3sc(C)cc32)CCN1. The molecule has 26 heavy (non-hydrogen) atoms. The van der Waals surface area contributed by atoms with Crippen LogP contribution in [-0.2, 0) is 4.74 Å². The minimum atomic E-state index is 0.255. The van der Waals surface area contributed by atoms with Crippen LogP contribution in [0.3, 0.4) is 0 Å². The second-order valence-electron chi connectivity index (χ2n) is 7.06. The molecule has 1 saturated heterocycles. The molecule has 2 N–H and O–H groups in total. The van der Waals surface area contributed by atoms with Crippen LogP contribution in [0.25, 0.3) is 0 Å². The van der Waals surface area contributed by atoms with Gasteiger partial charge in [0.25, 0.3) is 0 Å². The average Bonchev–Trinajstić information content (AvgIpc) is 2.93. The van der Waals surface area contributed by atoms with Gasteiger partial charge in [-0.05, 0) is 38.5 Å². The maximum atomic E-state index is 5.46. The number of hydrogen-bond donors (Lipinski definition) is 2. The van der Waals surface area contributed by atoms with Crippen LogP contribution in [0, 0.1) is 6.92 Å². The van der Waals surface area contributed by atoms with Gasteiger partial charge in [0.1, 0.15) is 10.8 Å². The van der Waals surface area contributed by atoms with Crippen LogP contribution < -0.4 is 10.6 Å². The van der Waals surface area contributed by atoms with Gasteiger partial charge in [-0.25, -0.2) is 4.99 Å². The lowest BCUT2D eigenvalue weighted by atomic mass is 10.1. The number of para-hydroxylation sites is 2. The predicted octanol–water partition coefficient (Wildman–Crippen LogP) is 3.89. The van der Waals surface area contributed by atoms with E-state index in [2.05, 4.69) is 53.6 Å². The molecule has 0 aliphatic carbocycles. The molecule has 0 spiro atoms. The Morgan fingerprint density at radius 2 is 2.23 bits per heavy atom. The first-order valence-corrected chi connectivity index (χ1v) is 10.0. The van der Waals surface area contributed by atoms with Crippen molar-refractivity contribution in [1.29, 1.82) is 0 Å². The largest absolute Gasteiger partial charge is 0.382 e. The van der Waals surface area contributed by atoms with Crippen LogP contribution in [0.4, 0.5) is 16.4 Å². The van der Waals surface area contributed by atoms with Crippen molar-refractivity contribution in [3.05, 3.63) is 40.8 Å². The topological polar surface area (TPSA) is 48.9 Å². The first-order valence-electron chi connectivity index (χ1n) is 9.20. The van der Waals surface area contributed by atoms with Gasteiger partial charge < -0.3 is 20.3 Å². The molecular formula is C20H26N4OS. The molecule has 1 fully saturated rings. The molecule has 1 unspecified atom stereocenters. The highest BCUT2D eigenvalue weighted by molar-refractivity contribution is 7.16. The number of fused-ring (bicyclic) bond motifs is 2. The van der Waals surface area contributed by atoms with Crippen molar-refractivity contribution in [3.63, 3.8) is 0 Å². The summed E-state index contributed by atoms with van der Waals surface area (Å²) in [6.07, 6.45) is 1.26. The normalized spacial score (nSPS) is 20.5. The molecule has 1 aromatic carbocycles. The van der Waals surface area contributed by atoms with E-state index in [1.807, 2.05) is 6.07 Å².